The quantitative estimate of drug-likeness (QED) is 0.154. The van der Waals surface area contributed by atoms with Gasteiger partial charge in [0.15, 0.2) is 5.96 Å². The molecule has 0 fully saturated rings. The highest BCUT2D eigenvalue weighted by Crippen LogP contribution is 2.11. The highest BCUT2D eigenvalue weighted by Gasteiger charge is 2.01. The zero-order valence-corrected chi connectivity index (χ0v) is 19.1. The van der Waals surface area contributed by atoms with Crippen molar-refractivity contribution in [2.24, 2.45) is 4.99 Å². The first-order valence-corrected chi connectivity index (χ1v) is 9.42. The molecule has 0 saturated heterocycles. The molecule has 2 N–H and O–H groups in total. The minimum Gasteiger partial charge on any atom is -0.497 e. The molecule has 0 aliphatic rings. The minimum atomic E-state index is -0.0907. The molecule has 0 unspecified atom stereocenters. The van der Waals surface area contributed by atoms with E-state index >= 15 is 0 Å². The molecule has 1 rings (SSSR count). The number of unbranched alkanes of at least 4 members (excludes halogenated alkanes) is 3. The van der Waals surface area contributed by atoms with Gasteiger partial charge in [-0.25, -0.2) is 0 Å². The Kier molecular flexibility index (Phi) is 15.7. The lowest BCUT2D eigenvalue weighted by atomic mass is 10.1. The first-order valence-electron chi connectivity index (χ1n) is 9.42. The lowest BCUT2D eigenvalue weighted by Gasteiger charge is -2.12. The van der Waals surface area contributed by atoms with Crippen LogP contribution in [-0.2, 0) is 16.0 Å². The fraction of sp³-hybridized carbons (Fsp3) is 0.600. The predicted molar refractivity (Wildman–Crippen MR) is 121 cm³/mol. The number of benzene rings is 1. The van der Waals surface area contributed by atoms with E-state index in [4.69, 9.17) is 9.47 Å². The molecule has 0 aromatic heterocycles. The largest absolute Gasteiger partial charge is 0.497 e. The average Bonchev–Trinajstić information content (AvgIpc) is 2.66. The molecule has 0 heterocycles. The molecule has 7 heteroatoms. The summed E-state index contributed by atoms with van der Waals surface area (Å²) in [6, 6.07) is 8.11. The summed E-state index contributed by atoms with van der Waals surface area (Å²) in [7, 11) is 3.45. The summed E-state index contributed by atoms with van der Waals surface area (Å²) in [6.45, 7) is 4.00. The number of aliphatic imine (C=N–C) groups is 1. The number of nitrogens with zero attached hydrogens (tertiary/aromatic N) is 1. The molecule has 1 aromatic rings. The Hall–Kier alpha value is -1.51. The predicted octanol–water partition coefficient (Wildman–Crippen LogP) is 3.53. The summed E-state index contributed by atoms with van der Waals surface area (Å²) >= 11 is 0. The van der Waals surface area contributed by atoms with Gasteiger partial charge in [0.05, 0.1) is 13.7 Å². The smallest absolute Gasteiger partial charge is 0.305 e. The molecular weight excluding hydrogens is 457 g/mol. The van der Waals surface area contributed by atoms with Crippen LogP contribution in [0.15, 0.2) is 29.3 Å². The van der Waals surface area contributed by atoms with E-state index in [1.807, 2.05) is 19.1 Å². The Bertz CT molecular complexity index is 536. The summed E-state index contributed by atoms with van der Waals surface area (Å²) in [5.74, 6) is 1.61. The lowest BCUT2D eigenvalue weighted by Crippen LogP contribution is -2.38. The van der Waals surface area contributed by atoms with E-state index in [-0.39, 0.29) is 29.9 Å². The zero-order chi connectivity index (χ0) is 19.0. The average molecular weight is 491 g/mol. The standard InChI is InChI=1S/C20H33N3O3.HI/c1-4-26-19(24)9-7-5-6-8-15-22-20(21-2)23-16-14-17-10-12-18(25-3)13-11-17;/h10-13H,4-9,14-16H2,1-3H3,(H2,21,22,23);1H. The van der Waals surface area contributed by atoms with Gasteiger partial charge < -0.3 is 20.1 Å². The molecule has 154 valence electrons. The molecule has 0 amide bonds. The van der Waals surface area contributed by atoms with E-state index in [2.05, 4.69) is 27.8 Å². The van der Waals surface area contributed by atoms with E-state index in [1.165, 1.54) is 5.56 Å². The van der Waals surface area contributed by atoms with Crippen LogP contribution in [0.3, 0.4) is 0 Å². The van der Waals surface area contributed by atoms with Crippen LogP contribution in [0.4, 0.5) is 0 Å². The molecule has 6 nitrogen and oxygen atoms in total. The van der Waals surface area contributed by atoms with Crippen LogP contribution in [0.5, 0.6) is 5.75 Å². The van der Waals surface area contributed by atoms with Crippen molar-refractivity contribution in [3.8, 4) is 5.75 Å². The van der Waals surface area contributed by atoms with E-state index in [0.29, 0.717) is 13.0 Å². The summed E-state index contributed by atoms with van der Waals surface area (Å²) in [6.07, 6.45) is 5.54. The number of nitrogens with one attached hydrogen (secondary N) is 2. The van der Waals surface area contributed by atoms with Crippen LogP contribution in [0.25, 0.3) is 0 Å². The van der Waals surface area contributed by atoms with Crippen LogP contribution in [0.1, 0.15) is 44.6 Å². The number of hydrogen-bond donors (Lipinski definition) is 2. The number of esters is 1. The van der Waals surface area contributed by atoms with Crippen LogP contribution < -0.4 is 15.4 Å². The van der Waals surface area contributed by atoms with Gasteiger partial charge in [-0.05, 0) is 43.9 Å². The van der Waals surface area contributed by atoms with Gasteiger partial charge in [0.1, 0.15) is 5.75 Å². The van der Waals surface area contributed by atoms with Gasteiger partial charge in [0.2, 0.25) is 0 Å². The third kappa shape index (κ3) is 12.5. The molecule has 0 spiro atoms. The van der Waals surface area contributed by atoms with Crippen molar-refractivity contribution in [1.29, 1.82) is 0 Å². The van der Waals surface area contributed by atoms with Gasteiger partial charge in [0, 0.05) is 26.6 Å². The maximum Gasteiger partial charge on any atom is 0.305 e. The van der Waals surface area contributed by atoms with Crippen molar-refractivity contribution >= 4 is 35.9 Å². The van der Waals surface area contributed by atoms with Gasteiger partial charge in [0.25, 0.3) is 0 Å². The lowest BCUT2D eigenvalue weighted by molar-refractivity contribution is -0.143. The Morgan fingerprint density at radius 2 is 1.70 bits per heavy atom. The topological polar surface area (TPSA) is 72.0 Å². The van der Waals surface area contributed by atoms with Crippen LogP contribution >= 0.6 is 24.0 Å². The number of methoxy groups -OCH3 is 1. The van der Waals surface area contributed by atoms with Crippen molar-refractivity contribution in [3.05, 3.63) is 29.8 Å². The highest BCUT2D eigenvalue weighted by atomic mass is 127. The summed E-state index contributed by atoms with van der Waals surface area (Å²) in [5.41, 5.74) is 1.26. The number of halogens is 1. The van der Waals surface area contributed by atoms with Gasteiger partial charge in [-0.15, -0.1) is 24.0 Å². The molecule has 0 saturated carbocycles. The number of hydrogen-bond acceptors (Lipinski definition) is 4. The summed E-state index contributed by atoms with van der Waals surface area (Å²) < 4.78 is 10.1. The van der Waals surface area contributed by atoms with Crippen molar-refractivity contribution < 1.29 is 14.3 Å². The fourth-order valence-corrected chi connectivity index (χ4v) is 2.53. The molecule has 0 radical (unpaired) electrons. The minimum absolute atomic E-state index is 0. The second-order valence-corrected chi connectivity index (χ2v) is 5.99. The Labute approximate surface area is 180 Å². The number of carbonyl (C=O) groups excluding carboxylic acids is 1. The van der Waals surface area contributed by atoms with E-state index in [0.717, 1.165) is 56.9 Å². The monoisotopic (exact) mass is 491 g/mol. The van der Waals surface area contributed by atoms with Gasteiger partial charge in [-0.3, -0.25) is 9.79 Å². The summed E-state index contributed by atoms with van der Waals surface area (Å²) in [5, 5.41) is 6.65. The van der Waals surface area contributed by atoms with Gasteiger partial charge in [-0.2, -0.15) is 0 Å². The van der Waals surface area contributed by atoms with Crippen molar-refractivity contribution in [2.45, 2.75) is 45.4 Å². The summed E-state index contributed by atoms with van der Waals surface area (Å²) in [4.78, 5) is 15.5. The highest BCUT2D eigenvalue weighted by molar-refractivity contribution is 14.0. The van der Waals surface area contributed by atoms with E-state index < -0.39 is 0 Å². The Balaban J connectivity index is 0.00000676. The van der Waals surface area contributed by atoms with Crippen LogP contribution in [0, 0.1) is 0 Å². The molecule has 0 atom stereocenters. The molecule has 0 bridgehead atoms. The maximum absolute atomic E-state index is 11.2. The zero-order valence-electron chi connectivity index (χ0n) is 16.8. The maximum atomic E-state index is 11.2. The second kappa shape index (κ2) is 16.6. The third-order valence-corrected chi connectivity index (χ3v) is 3.99. The molecule has 1 aromatic carbocycles. The van der Waals surface area contributed by atoms with Crippen LogP contribution in [-0.4, -0.2) is 45.8 Å². The van der Waals surface area contributed by atoms with Gasteiger partial charge >= 0.3 is 5.97 Å². The number of carbonyl (C=O) groups is 1. The molecule has 27 heavy (non-hydrogen) atoms. The van der Waals surface area contributed by atoms with Crippen molar-refractivity contribution in [3.63, 3.8) is 0 Å². The van der Waals surface area contributed by atoms with Gasteiger partial charge in [-0.1, -0.05) is 25.0 Å². The SMILES string of the molecule is CCOC(=O)CCCCCCNC(=NC)NCCc1ccc(OC)cc1.I. The fourth-order valence-electron chi connectivity index (χ4n) is 2.53. The Morgan fingerprint density at radius 3 is 2.33 bits per heavy atom. The normalized spacial score (nSPS) is 10.7. The first-order chi connectivity index (χ1) is 12.7. The Morgan fingerprint density at radius 1 is 1.04 bits per heavy atom. The first kappa shape index (κ1) is 25.5. The van der Waals surface area contributed by atoms with E-state index in [1.54, 1.807) is 14.2 Å². The number of rotatable bonds is 12. The molecule has 0 aliphatic heterocycles. The third-order valence-electron chi connectivity index (χ3n) is 3.99. The molecular formula is C20H34IN3O3. The molecule has 0 aliphatic carbocycles. The van der Waals surface area contributed by atoms with Crippen molar-refractivity contribution in [1.82, 2.24) is 10.6 Å². The van der Waals surface area contributed by atoms with E-state index in [9.17, 15) is 4.79 Å². The number of ether oxygens (including phenoxy) is 2. The number of guanidine groups is 1. The second-order valence-electron chi connectivity index (χ2n) is 5.99. The van der Waals surface area contributed by atoms with Crippen LogP contribution in [0.2, 0.25) is 0 Å². The van der Waals surface area contributed by atoms with Crippen molar-refractivity contribution in [2.75, 3.05) is 33.9 Å².